The van der Waals surface area contributed by atoms with Gasteiger partial charge in [-0.05, 0) is 48.5 Å². The number of rotatable bonds is 7. The average Bonchev–Trinajstić information content (AvgIpc) is 3.55. The summed E-state index contributed by atoms with van der Waals surface area (Å²) in [5, 5.41) is 5.77. The number of nitrogens with one attached hydrogen (secondary N) is 2. The van der Waals surface area contributed by atoms with Crippen LogP contribution in [0.4, 0.5) is 11.4 Å². The summed E-state index contributed by atoms with van der Waals surface area (Å²) in [5.41, 5.74) is 3.81. The number of amides is 2. The van der Waals surface area contributed by atoms with Gasteiger partial charge in [-0.1, -0.05) is 13.0 Å². The van der Waals surface area contributed by atoms with Crippen LogP contribution in [-0.2, 0) is 11.2 Å². The summed E-state index contributed by atoms with van der Waals surface area (Å²) in [4.78, 5) is 38.1. The third kappa shape index (κ3) is 4.93. The Bertz CT molecular complexity index is 1460. The minimum atomic E-state index is -0.336. The average molecular weight is 467 g/mol. The van der Waals surface area contributed by atoms with Crippen molar-refractivity contribution in [2.45, 2.75) is 13.3 Å². The molecule has 0 aliphatic heterocycles. The standard InChI is InChI=1S/C26H22N6O3/c1-17(14-20-4-2-3-11-27-20)24(33)31-21-9-10-22-23(29-16-32(22)15-21)25(34)30-19-7-5-18(6-8-19)26-28-12-13-35-26/h2-13,15-17H,14H2,1H3,(H,30,34)(H,31,33). The Morgan fingerprint density at radius 2 is 1.77 bits per heavy atom. The van der Waals surface area contributed by atoms with Gasteiger partial charge in [-0.2, -0.15) is 0 Å². The Labute approximate surface area is 200 Å². The van der Waals surface area contributed by atoms with E-state index < -0.39 is 0 Å². The number of pyridine rings is 2. The lowest BCUT2D eigenvalue weighted by Crippen LogP contribution is -2.22. The Balaban J connectivity index is 1.25. The highest BCUT2D eigenvalue weighted by atomic mass is 16.3. The number of oxazole rings is 1. The number of benzene rings is 1. The van der Waals surface area contributed by atoms with E-state index in [2.05, 4.69) is 25.6 Å². The fraction of sp³-hybridized carbons (Fsp3) is 0.115. The Morgan fingerprint density at radius 1 is 0.943 bits per heavy atom. The van der Waals surface area contributed by atoms with Crippen LogP contribution in [0.2, 0.25) is 0 Å². The van der Waals surface area contributed by atoms with Gasteiger partial charge in [-0.25, -0.2) is 9.97 Å². The second-order valence-corrected chi connectivity index (χ2v) is 8.09. The predicted molar refractivity (Wildman–Crippen MR) is 131 cm³/mol. The molecule has 35 heavy (non-hydrogen) atoms. The number of aromatic nitrogens is 4. The van der Waals surface area contributed by atoms with Crippen molar-refractivity contribution < 1.29 is 14.0 Å². The van der Waals surface area contributed by atoms with Gasteiger partial charge < -0.3 is 19.5 Å². The highest BCUT2D eigenvalue weighted by molar-refractivity contribution is 6.07. The monoisotopic (exact) mass is 466 g/mol. The quantitative estimate of drug-likeness (QED) is 0.366. The van der Waals surface area contributed by atoms with Gasteiger partial charge in [0.15, 0.2) is 5.69 Å². The molecule has 0 aliphatic rings. The first-order valence-corrected chi connectivity index (χ1v) is 11.1. The highest BCUT2D eigenvalue weighted by Gasteiger charge is 2.17. The molecule has 0 aliphatic carbocycles. The van der Waals surface area contributed by atoms with Crippen molar-refractivity contribution in [2.75, 3.05) is 10.6 Å². The number of nitrogens with zero attached hydrogens (tertiary/aromatic N) is 4. The zero-order chi connectivity index (χ0) is 24.2. The number of anilines is 2. The van der Waals surface area contributed by atoms with Gasteiger partial charge in [0.2, 0.25) is 11.8 Å². The zero-order valence-electron chi connectivity index (χ0n) is 18.9. The Kier molecular flexibility index (Phi) is 6.04. The first-order chi connectivity index (χ1) is 17.1. The van der Waals surface area contributed by atoms with Crippen LogP contribution < -0.4 is 10.6 Å². The highest BCUT2D eigenvalue weighted by Crippen LogP contribution is 2.21. The van der Waals surface area contributed by atoms with Crippen LogP contribution in [0.25, 0.3) is 17.0 Å². The lowest BCUT2D eigenvalue weighted by atomic mass is 10.0. The summed E-state index contributed by atoms with van der Waals surface area (Å²) in [5.74, 6) is -0.185. The van der Waals surface area contributed by atoms with Crippen molar-refractivity contribution in [1.29, 1.82) is 0 Å². The normalized spacial score (nSPS) is 11.8. The Hall–Kier alpha value is -4.79. The van der Waals surface area contributed by atoms with Crippen LogP contribution in [0.15, 0.2) is 90.2 Å². The van der Waals surface area contributed by atoms with Crippen LogP contribution in [0.3, 0.4) is 0 Å². The van der Waals surface area contributed by atoms with Gasteiger partial charge in [-0.15, -0.1) is 0 Å². The topological polar surface area (TPSA) is 114 Å². The molecular weight excluding hydrogens is 444 g/mol. The van der Waals surface area contributed by atoms with Crippen molar-refractivity contribution in [3.8, 4) is 11.5 Å². The number of carbonyl (C=O) groups is 2. The Morgan fingerprint density at radius 3 is 2.51 bits per heavy atom. The molecule has 0 saturated heterocycles. The fourth-order valence-corrected chi connectivity index (χ4v) is 3.69. The van der Waals surface area contributed by atoms with Crippen LogP contribution in [-0.4, -0.2) is 31.2 Å². The molecular formula is C26H22N6O3. The number of hydrogen-bond acceptors (Lipinski definition) is 6. The molecule has 2 N–H and O–H groups in total. The number of carbonyl (C=O) groups excluding carboxylic acids is 2. The summed E-state index contributed by atoms with van der Waals surface area (Å²) in [6.45, 7) is 1.86. The predicted octanol–water partition coefficient (Wildman–Crippen LogP) is 4.45. The molecule has 4 aromatic heterocycles. The minimum Gasteiger partial charge on any atom is -0.445 e. The summed E-state index contributed by atoms with van der Waals surface area (Å²) in [6, 6.07) is 16.3. The third-order valence-electron chi connectivity index (χ3n) is 5.52. The summed E-state index contributed by atoms with van der Waals surface area (Å²) in [7, 11) is 0. The molecule has 4 heterocycles. The lowest BCUT2D eigenvalue weighted by Gasteiger charge is -2.12. The molecule has 5 aromatic rings. The molecule has 2 amide bonds. The summed E-state index contributed by atoms with van der Waals surface area (Å²) < 4.78 is 6.99. The van der Waals surface area contributed by atoms with E-state index in [9.17, 15) is 9.59 Å². The molecule has 174 valence electrons. The van der Waals surface area contributed by atoms with Crippen molar-refractivity contribution in [1.82, 2.24) is 19.4 Å². The molecule has 0 fully saturated rings. The molecule has 1 aromatic carbocycles. The fourth-order valence-electron chi connectivity index (χ4n) is 3.69. The van der Waals surface area contributed by atoms with Crippen LogP contribution in [0, 0.1) is 5.92 Å². The van der Waals surface area contributed by atoms with E-state index in [-0.39, 0.29) is 23.4 Å². The molecule has 0 bridgehead atoms. The summed E-state index contributed by atoms with van der Waals surface area (Å²) >= 11 is 0. The van der Waals surface area contributed by atoms with E-state index in [0.29, 0.717) is 29.2 Å². The molecule has 0 radical (unpaired) electrons. The van der Waals surface area contributed by atoms with Crippen molar-refractivity contribution in [3.05, 3.63) is 97.2 Å². The molecule has 5 rings (SSSR count). The molecule has 0 spiro atoms. The smallest absolute Gasteiger partial charge is 0.276 e. The molecule has 1 atom stereocenters. The van der Waals surface area contributed by atoms with E-state index in [1.807, 2.05) is 37.3 Å². The van der Waals surface area contributed by atoms with E-state index in [1.165, 1.54) is 6.26 Å². The maximum atomic E-state index is 12.8. The molecule has 9 heteroatoms. The van der Waals surface area contributed by atoms with Crippen LogP contribution in [0.5, 0.6) is 0 Å². The van der Waals surface area contributed by atoms with Gasteiger partial charge in [-0.3, -0.25) is 14.6 Å². The zero-order valence-corrected chi connectivity index (χ0v) is 18.9. The number of hydrogen-bond donors (Lipinski definition) is 2. The SMILES string of the molecule is CC(Cc1ccccn1)C(=O)Nc1ccc2c(C(=O)Nc3ccc(-c4ncco4)cc3)ncn2c1. The van der Waals surface area contributed by atoms with Gasteiger partial charge in [0.1, 0.15) is 12.6 Å². The second kappa shape index (κ2) is 9.60. The van der Waals surface area contributed by atoms with Crippen LogP contribution in [0.1, 0.15) is 23.1 Å². The van der Waals surface area contributed by atoms with Crippen molar-refractivity contribution in [3.63, 3.8) is 0 Å². The molecule has 0 saturated carbocycles. The van der Waals surface area contributed by atoms with Gasteiger partial charge in [0.25, 0.3) is 5.91 Å². The van der Waals surface area contributed by atoms with E-state index in [4.69, 9.17) is 4.42 Å². The van der Waals surface area contributed by atoms with E-state index in [1.54, 1.807) is 53.6 Å². The van der Waals surface area contributed by atoms with Gasteiger partial charge >= 0.3 is 0 Å². The third-order valence-corrected chi connectivity index (χ3v) is 5.52. The van der Waals surface area contributed by atoms with Gasteiger partial charge in [0.05, 0.1) is 17.4 Å². The van der Waals surface area contributed by atoms with Gasteiger partial charge in [0, 0.05) is 41.7 Å². The van der Waals surface area contributed by atoms with E-state index in [0.717, 1.165) is 11.3 Å². The number of imidazole rings is 1. The minimum absolute atomic E-state index is 0.110. The first-order valence-electron chi connectivity index (χ1n) is 11.1. The molecule has 1 unspecified atom stereocenters. The first kappa shape index (κ1) is 22.0. The molecule has 9 nitrogen and oxygen atoms in total. The van der Waals surface area contributed by atoms with Crippen molar-refractivity contribution in [2.24, 2.45) is 5.92 Å². The lowest BCUT2D eigenvalue weighted by molar-refractivity contribution is -0.119. The maximum Gasteiger partial charge on any atom is 0.276 e. The van der Waals surface area contributed by atoms with E-state index >= 15 is 0 Å². The van der Waals surface area contributed by atoms with Crippen molar-refractivity contribution >= 4 is 28.7 Å². The van der Waals surface area contributed by atoms with Crippen LogP contribution >= 0.6 is 0 Å². The maximum absolute atomic E-state index is 12.8. The summed E-state index contributed by atoms with van der Waals surface area (Å²) in [6.07, 6.45) is 8.62. The second-order valence-electron chi connectivity index (χ2n) is 8.09. The number of fused-ring (bicyclic) bond motifs is 1. The largest absolute Gasteiger partial charge is 0.445 e.